The summed E-state index contributed by atoms with van der Waals surface area (Å²) in [5, 5.41) is 0. The first kappa shape index (κ1) is 15.4. The molecule has 16 heavy (non-hydrogen) atoms. The van der Waals surface area contributed by atoms with Crippen molar-refractivity contribution < 1.29 is 4.79 Å². The fourth-order valence-corrected chi connectivity index (χ4v) is 2.18. The minimum absolute atomic E-state index is 0.133. The molecular formula is C15H28O. The lowest BCUT2D eigenvalue weighted by Gasteiger charge is -2.21. The summed E-state index contributed by atoms with van der Waals surface area (Å²) in [7, 11) is 0. The van der Waals surface area contributed by atoms with E-state index in [4.69, 9.17) is 0 Å². The molecule has 1 nitrogen and oxygen atoms in total. The van der Waals surface area contributed by atoms with Crippen LogP contribution in [0.5, 0.6) is 0 Å². The minimum Gasteiger partial charge on any atom is -0.299 e. The molecule has 0 amide bonds. The molecule has 1 heteroatoms. The van der Waals surface area contributed by atoms with Gasteiger partial charge in [0, 0.05) is 12.3 Å². The molecular weight excluding hydrogens is 196 g/mol. The molecule has 1 unspecified atom stereocenters. The maximum Gasteiger partial charge on any atom is 0.140 e. The van der Waals surface area contributed by atoms with E-state index in [2.05, 4.69) is 47.6 Å². The number of allylic oxidation sites excluding steroid dienone is 2. The molecule has 0 saturated heterocycles. The average Bonchev–Trinajstić information content (AvgIpc) is 2.12. The van der Waals surface area contributed by atoms with Crippen molar-refractivity contribution in [1.82, 2.24) is 0 Å². The van der Waals surface area contributed by atoms with Gasteiger partial charge < -0.3 is 0 Å². The second-order valence-electron chi connectivity index (χ2n) is 5.52. The van der Waals surface area contributed by atoms with Gasteiger partial charge >= 0.3 is 0 Å². The van der Waals surface area contributed by atoms with Gasteiger partial charge in [-0.25, -0.2) is 0 Å². The number of unbranched alkanes of at least 4 members (excludes halogenated alkanes) is 1. The van der Waals surface area contributed by atoms with Crippen molar-refractivity contribution in [3.63, 3.8) is 0 Å². The molecule has 1 atom stereocenters. The van der Waals surface area contributed by atoms with Crippen LogP contribution in [0.3, 0.4) is 0 Å². The van der Waals surface area contributed by atoms with Crippen molar-refractivity contribution in [3.8, 4) is 0 Å². The fourth-order valence-electron chi connectivity index (χ4n) is 2.18. The highest BCUT2D eigenvalue weighted by Crippen LogP contribution is 2.24. The number of carbonyl (C=O) groups is 1. The summed E-state index contributed by atoms with van der Waals surface area (Å²) in [6.07, 6.45) is 5.19. The summed E-state index contributed by atoms with van der Waals surface area (Å²) >= 11 is 0. The largest absolute Gasteiger partial charge is 0.299 e. The van der Waals surface area contributed by atoms with Gasteiger partial charge in [0.25, 0.3) is 0 Å². The first-order chi connectivity index (χ1) is 7.40. The zero-order valence-electron chi connectivity index (χ0n) is 11.8. The van der Waals surface area contributed by atoms with E-state index >= 15 is 0 Å². The summed E-state index contributed by atoms with van der Waals surface area (Å²) in [6.45, 7) is 12.8. The predicted octanol–water partition coefficient (Wildman–Crippen LogP) is 4.62. The first-order valence-electron chi connectivity index (χ1n) is 6.59. The lowest BCUT2D eigenvalue weighted by Crippen LogP contribution is -2.22. The van der Waals surface area contributed by atoms with Crippen LogP contribution >= 0.6 is 0 Å². The third-order valence-electron chi connectivity index (χ3n) is 2.87. The molecule has 0 aromatic carbocycles. The molecule has 0 spiro atoms. The molecule has 0 N–H and O–H groups in total. The average molecular weight is 224 g/mol. The Bertz CT molecular complexity index is 236. The molecule has 0 aliphatic heterocycles. The Labute approximate surface area is 101 Å². The Morgan fingerprint density at radius 2 is 1.75 bits per heavy atom. The lowest BCUT2D eigenvalue weighted by molar-refractivity contribution is -0.123. The van der Waals surface area contributed by atoms with E-state index in [0.29, 0.717) is 24.0 Å². The van der Waals surface area contributed by atoms with Crippen LogP contribution in [0, 0.1) is 17.8 Å². The van der Waals surface area contributed by atoms with Crippen molar-refractivity contribution in [1.29, 1.82) is 0 Å². The van der Waals surface area contributed by atoms with Gasteiger partial charge in [-0.05, 0) is 25.2 Å². The summed E-state index contributed by atoms with van der Waals surface area (Å²) < 4.78 is 0. The number of carbonyl (C=O) groups excluding carboxylic acids is 1. The van der Waals surface area contributed by atoms with Crippen LogP contribution in [-0.4, -0.2) is 5.78 Å². The molecule has 0 aliphatic rings. The maximum absolute atomic E-state index is 12.2. The molecule has 0 saturated carbocycles. The van der Waals surface area contributed by atoms with Crippen molar-refractivity contribution in [2.75, 3.05) is 0 Å². The lowest BCUT2D eigenvalue weighted by atomic mass is 9.82. The van der Waals surface area contributed by atoms with E-state index in [1.54, 1.807) is 0 Å². The summed E-state index contributed by atoms with van der Waals surface area (Å²) in [6, 6.07) is 0. The van der Waals surface area contributed by atoms with E-state index in [1.165, 1.54) is 5.57 Å². The van der Waals surface area contributed by atoms with Crippen molar-refractivity contribution in [2.24, 2.45) is 17.8 Å². The number of hydrogen-bond acceptors (Lipinski definition) is 1. The zero-order valence-corrected chi connectivity index (χ0v) is 11.8. The summed E-state index contributed by atoms with van der Waals surface area (Å²) in [5.41, 5.74) is 1.27. The van der Waals surface area contributed by atoms with E-state index in [-0.39, 0.29) is 5.92 Å². The fraction of sp³-hybridized carbons (Fsp3) is 0.800. The molecule has 0 aromatic rings. The van der Waals surface area contributed by atoms with Gasteiger partial charge in [-0.2, -0.15) is 0 Å². The minimum atomic E-state index is 0.133. The van der Waals surface area contributed by atoms with Crippen molar-refractivity contribution >= 4 is 5.78 Å². The van der Waals surface area contributed by atoms with Gasteiger partial charge in [0.2, 0.25) is 0 Å². The second-order valence-corrected chi connectivity index (χ2v) is 5.52. The number of ketones is 1. The highest BCUT2D eigenvalue weighted by Gasteiger charge is 2.23. The smallest absolute Gasteiger partial charge is 0.140 e. The van der Waals surface area contributed by atoms with Gasteiger partial charge in [0.15, 0.2) is 0 Å². The highest BCUT2D eigenvalue weighted by molar-refractivity contribution is 5.84. The van der Waals surface area contributed by atoms with Gasteiger partial charge in [0.1, 0.15) is 5.78 Å². The van der Waals surface area contributed by atoms with E-state index in [1.807, 2.05) is 0 Å². The second kappa shape index (κ2) is 7.65. The zero-order chi connectivity index (χ0) is 12.7. The van der Waals surface area contributed by atoms with E-state index < -0.39 is 0 Å². The predicted molar refractivity (Wildman–Crippen MR) is 71.5 cm³/mol. The Morgan fingerprint density at radius 3 is 2.12 bits per heavy atom. The Kier molecular flexibility index (Phi) is 7.36. The van der Waals surface area contributed by atoms with Crippen molar-refractivity contribution in [2.45, 2.75) is 60.8 Å². The normalized spacial score (nSPS) is 14.6. The van der Waals surface area contributed by atoms with Gasteiger partial charge in [-0.1, -0.05) is 52.7 Å². The maximum atomic E-state index is 12.2. The topological polar surface area (TPSA) is 17.1 Å². The van der Waals surface area contributed by atoms with Gasteiger partial charge in [0.05, 0.1) is 0 Å². The number of Topliss-reactive ketones (excluding diaryl/α,β-unsaturated/α-hetero) is 1. The molecule has 94 valence electrons. The van der Waals surface area contributed by atoms with Crippen molar-refractivity contribution in [3.05, 3.63) is 11.6 Å². The Balaban J connectivity index is 4.66. The molecule has 0 rings (SSSR count). The number of hydrogen-bond donors (Lipinski definition) is 0. The van der Waals surface area contributed by atoms with Gasteiger partial charge in [-0.3, -0.25) is 4.79 Å². The highest BCUT2D eigenvalue weighted by atomic mass is 16.1. The molecule has 0 radical (unpaired) electrons. The van der Waals surface area contributed by atoms with E-state index in [9.17, 15) is 4.79 Å². The van der Waals surface area contributed by atoms with Crippen LogP contribution in [0.25, 0.3) is 0 Å². The van der Waals surface area contributed by atoms with Crippen LogP contribution in [0.15, 0.2) is 11.6 Å². The standard InChI is InChI=1S/C15H28O/c1-7-8-9-13(6)15(12(4)5)14(16)10-11(2)3/h9,11-12,15H,7-8,10H2,1-6H3/b13-9-. The van der Waals surface area contributed by atoms with E-state index in [0.717, 1.165) is 12.8 Å². The summed E-state index contributed by atoms with van der Waals surface area (Å²) in [4.78, 5) is 12.2. The summed E-state index contributed by atoms with van der Waals surface area (Å²) in [5.74, 6) is 1.43. The first-order valence-corrected chi connectivity index (χ1v) is 6.59. The third kappa shape index (κ3) is 5.48. The molecule has 0 aromatic heterocycles. The molecule has 0 fully saturated rings. The SMILES string of the molecule is CCC/C=C(/C)C(C(=O)CC(C)C)C(C)C. The Morgan fingerprint density at radius 1 is 1.19 bits per heavy atom. The monoisotopic (exact) mass is 224 g/mol. The molecule has 0 bridgehead atoms. The number of rotatable bonds is 7. The van der Waals surface area contributed by atoms with Crippen LogP contribution in [-0.2, 0) is 4.79 Å². The quantitative estimate of drug-likeness (QED) is 0.577. The molecule has 0 heterocycles. The molecule has 0 aliphatic carbocycles. The van der Waals surface area contributed by atoms with Crippen LogP contribution in [0.4, 0.5) is 0 Å². The van der Waals surface area contributed by atoms with Gasteiger partial charge in [-0.15, -0.1) is 0 Å². The Hall–Kier alpha value is -0.590. The third-order valence-corrected chi connectivity index (χ3v) is 2.87. The van der Waals surface area contributed by atoms with Crippen LogP contribution in [0.1, 0.15) is 60.8 Å². The van der Waals surface area contributed by atoms with Crippen LogP contribution < -0.4 is 0 Å². The van der Waals surface area contributed by atoms with Crippen LogP contribution in [0.2, 0.25) is 0 Å².